The Balaban J connectivity index is 1.79. The lowest BCUT2D eigenvalue weighted by Crippen LogP contribution is -2.48. The molecule has 0 radical (unpaired) electrons. The first-order chi connectivity index (χ1) is 8.14. The van der Waals surface area contributed by atoms with Crippen LogP contribution in [-0.2, 0) is 5.41 Å². The first kappa shape index (κ1) is 10.2. The number of nitrogen functional groups attached to an aromatic ring is 1. The minimum Gasteiger partial charge on any atom is -0.412 e. The summed E-state index contributed by atoms with van der Waals surface area (Å²) in [6, 6.07) is 0.223. The fourth-order valence-corrected chi connectivity index (χ4v) is 5.37. The third-order valence-corrected chi connectivity index (χ3v) is 5.40. The van der Waals surface area contributed by atoms with E-state index in [0.717, 1.165) is 23.4 Å². The summed E-state index contributed by atoms with van der Waals surface area (Å²) in [5.41, 5.74) is 6.78. The Morgan fingerprint density at radius 1 is 1.12 bits per heavy atom. The van der Waals surface area contributed by atoms with Gasteiger partial charge in [-0.2, -0.15) is 4.98 Å². The van der Waals surface area contributed by atoms with Crippen molar-refractivity contribution in [2.45, 2.75) is 43.9 Å². The van der Waals surface area contributed by atoms with E-state index in [0.29, 0.717) is 5.22 Å². The van der Waals surface area contributed by atoms with Gasteiger partial charge in [-0.25, -0.2) is 0 Å². The van der Waals surface area contributed by atoms with E-state index in [9.17, 15) is 0 Å². The zero-order chi connectivity index (χ0) is 11.6. The van der Waals surface area contributed by atoms with Gasteiger partial charge in [-0.15, -0.1) is 0 Å². The van der Waals surface area contributed by atoms with Gasteiger partial charge < -0.3 is 10.2 Å². The fraction of sp³-hybridized carbons (Fsp3) is 0.769. The molecule has 0 aliphatic heterocycles. The molecule has 0 amide bonds. The maximum atomic E-state index is 6.17. The molecule has 3 nitrogen and oxygen atoms in total. The summed E-state index contributed by atoms with van der Waals surface area (Å²) in [6.45, 7) is 0. The summed E-state index contributed by atoms with van der Waals surface area (Å²) in [5.74, 6) is 2.65. The van der Waals surface area contributed by atoms with Crippen molar-refractivity contribution in [2.75, 3.05) is 5.73 Å². The van der Waals surface area contributed by atoms with Crippen LogP contribution in [0.2, 0.25) is 5.22 Å². The van der Waals surface area contributed by atoms with Crippen molar-refractivity contribution in [1.29, 1.82) is 0 Å². The summed E-state index contributed by atoms with van der Waals surface area (Å²) in [6.07, 6.45) is 7.98. The van der Waals surface area contributed by atoms with Crippen molar-refractivity contribution >= 4 is 17.6 Å². The molecule has 1 aromatic rings. The van der Waals surface area contributed by atoms with E-state index in [1.807, 2.05) is 0 Å². The number of anilines is 1. The summed E-state index contributed by atoms with van der Waals surface area (Å²) < 4.78 is 5.24. The molecule has 92 valence electrons. The maximum absolute atomic E-state index is 6.17. The molecule has 5 rings (SSSR count). The summed E-state index contributed by atoms with van der Waals surface area (Å²) in [7, 11) is 0. The predicted molar refractivity (Wildman–Crippen MR) is 65.8 cm³/mol. The molecule has 4 heteroatoms. The largest absolute Gasteiger partial charge is 0.412 e. The summed E-state index contributed by atoms with van der Waals surface area (Å²) in [5, 5.41) is 0.435. The van der Waals surface area contributed by atoms with Crippen molar-refractivity contribution in [1.82, 2.24) is 4.98 Å². The molecule has 0 aromatic carbocycles. The standard InChI is InChI=1S/C13H17ClN2O/c14-11-10(16-12(15)17-11)13-4-7-1-8(5-13)3-9(2-7)6-13/h7-9H,1-6H2,(H2,15,16). The van der Waals surface area contributed by atoms with Crippen LogP contribution >= 0.6 is 11.6 Å². The molecule has 1 aromatic heterocycles. The average molecular weight is 253 g/mol. The Bertz CT molecular complexity index is 433. The van der Waals surface area contributed by atoms with E-state index in [-0.39, 0.29) is 11.4 Å². The molecule has 0 atom stereocenters. The first-order valence-corrected chi connectivity index (χ1v) is 6.95. The highest BCUT2D eigenvalue weighted by Crippen LogP contribution is 2.61. The molecular weight excluding hydrogens is 236 g/mol. The number of aromatic nitrogens is 1. The van der Waals surface area contributed by atoms with E-state index in [4.69, 9.17) is 21.8 Å². The van der Waals surface area contributed by atoms with Gasteiger partial charge in [0, 0.05) is 5.41 Å². The zero-order valence-corrected chi connectivity index (χ0v) is 10.5. The molecule has 4 aliphatic carbocycles. The Morgan fingerprint density at radius 3 is 2.06 bits per heavy atom. The van der Waals surface area contributed by atoms with Crippen LogP contribution in [0.15, 0.2) is 4.42 Å². The van der Waals surface area contributed by atoms with Crippen LogP contribution in [0.5, 0.6) is 0 Å². The van der Waals surface area contributed by atoms with Crippen LogP contribution < -0.4 is 5.73 Å². The van der Waals surface area contributed by atoms with E-state index in [1.54, 1.807) is 0 Å². The van der Waals surface area contributed by atoms with Gasteiger partial charge in [0.25, 0.3) is 6.01 Å². The molecule has 4 saturated carbocycles. The second-order valence-electron chi connectivity index (χ2n) is 6.37. The Kier molecular flexibility index (Phi) is 1.92. The fourth-order valence-electron chi connectivity index (χ4n) is 5.04. The predicted octanol–water partition coefficient (Wildman–Crippen LogP) is 3.38. The van der Waals surface area contributed by atoms with E-state index in [2.05, 4.69) is 4.98 Å². The molecular formula is C13H17ClN2O. The molecule has 0 saturated heterocycles. The minimum absolute atomic E-state index is 0.187. The highest BCUT2D eigenvalue weighted by molar-refractivity contribution is 6.29. The van der Waals surface area contributed by atoms with Gasteiger partial charge in [-0.05, 0) is 67.9 Å². The average Bonchev–Trinajstić information content (AvgIpc) is 2.56. The number of hydrogen-bond donors (Lipinski definition) is 1. The van der Waals surface area contributed by atoms with E-state index < -0.39 is 0 Å². The normalized spacial score (nSPS) is 43.2. The Labute approximate surface area is 106 Å². The van der Waals surface area contributed by atoms with Crippen LogP contribution in [0.4, 0.5) is 6.01 Å². The summed E-state index contributed by atoms with van der Waals surface area (Å²) in [4.78, 5) is 4.38. The maximum Gasteiger partial charge on any atom is 0.293 e. The quantitative estimate of drug-likeness (QED) is 0.834. The molecule has 4 bridgehead atoms. The minimum atomic E-state index is 0.187. The van der Waals surface area contributed by atoms with Gasteiger partial charge in [0.1, 0.15) is 5.69 Å². The monoisotopic (exact) mass is 252 g/mol. The number of nitrogens with two attached hydrogens (primary N) is 1. The zero-order valence-electron chi connectivity index (χ0n) is 9.79. The van der Waals surface area contributed by atoms with Crippen LogP contribution in [0.3, 0.4) is 0 Å². The Morgan fingerprint density at radius 2 is 1.65 bits per heavy atom. The van der Waals surface area contributed by atoms with Gasteiger partial charge >= 0.3 is 0 Å². The van der Waals surface area contributed by atoms with Gasteiger partial charge in [0.15, 0.2) is 0 Å². The highest BCUT2D eigenvalue weighted by atomic mass is 35.5. The van der Waals surface area contributed by atoms with Crippen molar-refractivity contribution in [3.8, 4) is 0 Å². The van der Waals surface area contributed by atoms with Gasteiger partial charge in [-0.1, -0.05) is 0 Å². The lowest BCUT2D eigenvalue weighted by molar-refractivity contribution is -0.00715. The molecule has 4 aliphatic rings. The van der Waals surface area contributed by atoms with Crippen LogP contribution in [-0.4, -0.2) is 4.98 Å². The third kappa shape index (κ3) is 1.38. The topological polar surface area (TPSA) is 52.0 Å². The number of halogens is 1. The van der Waals surface area contributed by atoms with Crippen molar-refractivity contribution in [3.05, 3.63) is 10.9 Å². The lowest BCUT2D eigenvalue weighted by atomic mass is 9.49. The second-order valence-corrected chi connectivity index (χ2v) is 6.72. The molecule has 1 heterocycles. The highest BCUT2D eigenvalue weighted by Gasteiger charge is 2.53. The van der Waals surface area contributed by atoms with Gasteiger partial charge in [-0.3, -0.25) is 0 Å². The van der Waals surface area contributed by atoms with Crippen molar-refractivity contribution < 1.29 is 4.42 Å². The SMILES string of the molecule is Nc1nc(C23CC4CC(CC(C4)C2)C3)c(Cl)o1. The number of hydrogen-bond acceptors (Lipinski definition) is 3. The van der Waals surface area contributed by atoms with Crippen LogP contribution in [0, 0.1) is 17.8 Å². The third-order valence-electron chi connectivity index (χ3n) is 5.14. The molecule has 4 fully saturated rings. The smallest absolute Gasteiger partial charge is 0.293 e. The first-order valence-electron chi connectivity index (χ1n) is 6.57. The second kappa shape index (κ2) is 3.19. The summed E-state index contributed by atoms with van der Waals surface area (Å²) >= 11 is 6.17. The Hall–Kier alpha value is -0.700. The number of nitrogens with zero attached hydrogens (tertiary/aromatic N) is 1. The van der Waals surface area contributed by atoms with E-state index in [1.165, 1.54) is 38.5 Å². The van der Waals surface area contributed by atoms with Gasteiger partial charge in [0.05, 0.1) is 0 Å². The van der Waals surface area contributed by atoms with Gasteiger partial charge in [0.2, 0.25) is 5.22 Å². The molecule has 0 spiro atoms. The van der Waals surface area contributed by atoms with Crippen molar-refractivity contribution in [2.24, 2.45) is 17.8 Å². The molecule has 17 heavy (non-hydrogen) atoms. The number of oxazole rings is 1. The van der Waals surface area contributed by atoms with E-state index >= 15 is 0 Å². The number of rotatable bonds is 1. The van der Waals surface area contributed by atoms with Crippen molar-refractivity contribution in [3.63, 3.8) is 0 Å². The van der Waals surface area contributed by atoms with Crippen LogP contribution in [0.1, 0.15) is 44.2 Å². The molecule has 2 N–H and O–H groups in total. The van der Waals surface area contributed by atoms with Crippen LogP contribution in [0.25, 0.3) is 0 Å². The lowest BCUT2D eigenvalue weighted by Gasteiger charge is -2.56. The molecule has 0 unspecified atom stereocenters.